The van der Waals surface area contributed by atoms with Crippen LogP contribution in [0.3, 0.4) is 0 Å². The summed E-state index contributed by atoms with van der Waals surface area (Å²) in [6.07, 6.45) is -2.54. The number of alkyl halides is 3. The van der Waals surface area contributed by atoms with Crippen LogP contribution < -0.4 is 0 Å². The molecule has 0 bridgehead atoms. The topological polar surface area (TPSA) is 34.1 Å². The molecule has 0 aromatic rings. The lowest BCUT2D eigenvalue weighted by Gasteiger charge is -2.05. The van der Waals surface area contributed by atoms with E-state index in [0.29, 0.717) is 18.4 Å². The molecule has 0 heterocycles. The van der Waals surface area contributed by atoms with Gasteiger partial charge in [0.1, 0.15) is 0 Å². The Morgan fingerprint density at radius 3 is 2.17 bits per heavy atom. The predicted octanol–water partition coefficient (Wildman–Crippen LogP) is 4.00. The fraction of sp³-hybridized carbons (Fsp3) is 0.667. The van der Waals surface area contributed by atoms with Gasteiger partial charge in [-0.25, -0.2) is 8.42 Å². The first-order chi connectivity index (χ1) is 8.02. The van der Waals surface area contributed by atoms with Crippen molar-refractivity contribution in [1.29, 1.82) is 0 Å². The van der Waals surface area contributed by atoms with Gasteiger partial charge in [0.25, 0.3) is 0 Å². The number of hydrogen-bond donors (Lipinski definition) is 0. The number of halogens is 3. The summed E-state index contributed by atoms with van der Waals surface area (Å²) in [5, 5.41) is 0.956. The monoisotopic (exact) mass is 284 g/mol. The van der Waals surface area contributed by atoms with Crippen molar-refractivity contribution in [3.05, 3.63) is 22.6 Å². The summed E-state index contributed by atoms with van der Waals surface area (Å²) in [4.78, 5) is 0. The first kappa shape index (κ1) is 17.2. The van der Waals surface area contributed by atoms with Gasteiger partial charge in [-0.05, 0) is 33.6 Å². The van der Waals surface area contributed by atoms with Crippen LogP contribution in [-0.2, 0) is 9.84 Å². The maximum Gasteiger partial charge on any atom is 0.390 e. The van der Waals surface area contributed by atoms with E-state index in [-0.39, 0.29) is 0 Å². The Hall–Kier alpha value is -0.780. The Bertz CT molecular complexity index is 413. The van der Waals surface area contributed by atoms with E-state index >= 15 is 0 Å². The third-order valence-electron chi connectivity index (χ3n) is 2.14. The normalized spacial score (nSPS) is 13.6. The molecule has 0 saturated carbocycles. The Kier molecular flexibility index (Phi) is 6.67. The lowest BCUT2D eigenvalue weighted by molar-refractivity contribution is -0.129. The molecule has 0 radical (unpaired) electrons. The van der Waals surface area contributed by atoms with Gasteiger partial charge < -0.3 is 0 Å². The van der Waals surface area contributed by atoms with E-state index in [1.54, 1.807) is 6.92 Å². The lowest BCUT2D eigenvalue weighted by atomic mass is 10.1. The Balaban J connectivity index is 4.41. The summed E-state index contributed by atoms with van der Waals surface area (Å²) < 4.78 is 58.6. The summed E-state index contributed by atoms with van der Waals surface area (Å²) >= 11 is 0. The van der Waals surface area contributed by atoms with E-state index < -0.39 is 28.2 Å². The average Bonchev–Trinajstić information content (AvgIpc) is 2.12. The highest BCUT2D eigenvalue weighted by Crippen LogP contribution is 2.21. The highest BCUT2D eigenvalue weighted by Gasteiger charge is 2.29. The number of allylic oxidation sites excluding steroid dienone is 3. The highest BCUT2D eigenvalue weighted by molar-refractivity contribution is 7.94. The zero-order valence-electron chi connectivity index (χ0n) is 10.8. The molecule has 0 aromatic heterocycles. The fourth-order valence-corrected chi connectivity index (χ4v) is 2.64. The van der Waals surface area contributed by atoms with Crippen LogP contribution >= 0.6 is 0 Å². The smallest absolute Gasteiger partial charge is 0.224 e. The van der Waals surface area contributed by atoms with Crippen LogP contribution in [-0.4, -0.2) is 20.3 Å². The van der Waals surface area contributed by atoms with Crippen molar-refractivity contribution in [3.63, 3.8) is 0 Å². The van der Waals surface area contributed by atoms with E-state index in [1.165, 1.54) is 0 Å². The predicted molar refractivity (Wildman–Crippen MR) is 66.9 cm³/mol. The summed E-state index contributed by atoms with van der Waals surface area (Å²) in [5.74, 6) is -0.878. The zero-order valence-corrected chi connectivity index (χ0v) is 11.7. The van der Waals surface area contributed by atoms with E-state index in [2.05, 4.69) is 0 Å². The minimum absolute atomic E-state index is 0.538. The summed E-state index contributed by atoms with van der Waals surface area (Å²) in [6, 6.07) is 0. The largest absolute Gasteiger partial charge is 0.390 e. The van der Waals surface area contributed by atoms with E-state index in [4.69, 9.17) is 0 Å². The van der Waals surface area contributed by atoms with E-state index in [1.807, 2.05) is 19.9 Å². The highest BCUT2D eigenvalue weighted by atomic mass is 32.2. The van der Waals surface area contributed by atoms with Crippen molar-refractivity contribution in [2.75, 3.05) is 5.75 Å². The van der Waals surface area contributed by atoms with Gasteiger partial charge >= 0.3 is 6.18 Å². The van der Waals surface area contributed by atoms with Crippen molar-refractivity contribution < 1.29 is 21.6 Å². The van der Waals surface area contributed by atoms with Crippen LogP contribution in [0, 0.1) is 0 Å². The molecule has 0 spiro atoms. The first-order valence-electron chi connectivity index (χ1n) is 5.62. The zero-order chi connectivity index (χ0) is 14.4. The van der Waals surface area contributed by atoms with Gasteiger partial charge in [0.15, 0.2) is 9.84 Å². The van der Waals surface area contributed by atoms with Gasteiger partial charge in [-0.15, -0.1) is 0 Å². The van der Waals surface area contributed by atoms with Gasteiger partial charge in [-0.1, -0.05) is 17.2 Å². The molecule has 6 heteroatoms. The van der Waals surface area contributed by atoms with Crippen LogP contribution in [0.1, 0.15) is 40.0 Å². The molecule has 0 aromatic carbocycles. The molecule has 0 aliphatic heterocycles. The summed E-state index contributed by atoms with van der Waals surface area (Å²) in [5.41, 5.74) is 1.71. The minimum Gasteiger partial charge on any atom is -0.224 e. The van der Waals surface area contributed by atoms with Crippen molar-refractivity contribution in [1.82, 2.24) is 0 Å². The molecule has 0 unspecified atom stereocenters. The van der Waals surface area contributed by atoms with Crippen LogP contribution in [0.25, 0.3) is 0 Å². The molecular weight excluding hydrogens is 265 g/mol. The quantitative estimate of drug-likeness (QED) is 0.691. The SMILES string of the molecule is CC(C)=CCC/C(C)=C/S(=O)(=O)CCC(F)(F)F. The second-order valence-electron chi connectivity index (χ2n) is 4.52. The second kappa shape index (κ2) is 6.97. The van der Waals surface area contributed by atoms with Gasteiger partial charge in [0.05, 0.1) is 12.2 Å². The van der Waals surface area contributed by atoms with Crippen molar-refractivity contribution in [3.8, 4) is 0 Å². The maximum atomic E-state index is 11.9. The second-order valence-corrected chi connectivity index (χ2v) is 6.49. The van der Waals surface area contributed by atoms with Gasteiger partial charge in [-0.2, -0.15) is 13.2 Å². The molecule has 0 aliphatic rings. The Morgan fingerprint density at radius 1 is 1.17 bits per heavy atom. The molecule has 0 amide bonds. The fourth-order valence-electron chi connectivity index (χ4n) is 1.27. The van der Waals surface area contributed by atoms with Gasteiger partial charge in [-0.3, -0.25) is 0 Å². The van der Waals surface area contributed by atoms with Crippen LogP contribution in [0.15, 0.2) is 22.6 Å². The molecule has 0 N–H and O–H groups in total. The Labute approximate surface area is 106 Å². The first-order valence-corrected chi connectivity index (χ1v) is 7.33. The number of sulfone groups is 1. The average molecular weight is 284 g/mol. The number of hydrogen-bond acceptors (Lipinski definition) is 2. The molecule has 0 aliphatic carbocycles. The third kappa shape index (κ3) is 10.4. The van der Waals surface area contributed by atoms with E-state index in [9.17, 15) is 21.6 Å². The van der Waals surface area contributed by atoms with Crippen LogP contribution in [0.5, 0.6) is 0 Å². The molecular formula is C12H19F3O2S. The third-order valence-corrected chi connectivity index (χ3v) is 3.68. The van der Waals surface area contributed by atoms with Gasteiger partial charge in [0, 0.05) is 5.41 Å². The summed E-state index contributed by atoms with van der Waals surface area (Å²) in [6.45, 7) is 5.47. The molecule has 2 nitrogen and oxygen atoms in total. The van der Waals surface area contributed by atoms with Crippen molar-refractivity contribution >= 4 is 9.84 Å². The molecule has 0 fully saturated rings. The standard InChI is InChI=1S/C12H19F3O2S/c1-10(2)5-4-6-11(3)9-18(16,17)8-7-12(13,14)15/h5,9H,4,6-8H2,1-3H3/b11-9+. The summed E-state index contributed by atoms with van der Waals surface area (Å²) in [7, 11) is -3.77. The molecule has 106 valence electrons. The molecule has 0 saturated heterocycles. The van der Waals surface area contributed by atoms with Crippen LogP contribution in [0.2, 0.25) is 0 Å². The van der Waals surface area contributed by atoms with Crippen molar-refractivity contribution in [2.24, 2.45) is 0 Å². The lowest BCUT2D eigenvalue weighted by Crippen LogP contribution is -2.14. The van der Waals surface area contributed by atoms with Gasteiger partial charge in [0.2, 0.25) is 0 Å². The Morgan fingerprint density at radius 2 is 1.72 bits per heavy atom. The molecule has 0 atom stereocenters. The van der Waals surface area contributed by atoms with E-state index in [0.717, 1.165) is 11.0 Å². The minimum atomic E-state index is -4.43. The van der Waals surface area contributed by atoms with Crippen molar-refractivity contribution in [2.45, 2.75) is 46.2 Å². The molecule has 0 rings (SSSR count). The molecule has 18 heavy (non-hydrogen) atoms. The number of rotatable bonds is 6. The van der Waals surface area contributed by atoms with Crippen LogP contribution in [0.4, 0.5) is 13.2 Å². The maximum absolute atomic E-state index is 11.9.